The molecule has 0 bridgehead atoms. The number of aryl methyl sites for hydroxylation is 2. The molecule has 0 aromatic carbocycles. The Balaban J connectivity index is 1.24. The second-order valence-corrected chi connectivity index (χ2v) is 7.70. The lowest BCUT2D eigenvalue weighted by Crippen LogP contribution is -2.35. The minimum atomic E-state index is -0.0823. The molecule has 25 heavy (non-hydrogen) atoms. The molecule has 2 aromatic rings. The Kier molecular flexibility index (Phi) is 5.14. The average Bonchev–Trinajstić information content (AvgIpc) is 3.32. The molecule has 1 aliphatic heterocycles. The largest absolute Gasteiger partial charge is 0.467 e. The number of hydrogen-bond donors (Lipinski definition) is 1. The quantitative estimate of drug-likeness (QED) is 0.853. The number of amides is 1. The minimum absolute atomic E-state index is 0.0823. The van der Waals surface area contributed by atoms with Crippen molar-refractivity contribution in [2.45, 2.75) is 32.2 Å². The maximum atomic E-state index is 12.3. The van der Waals surface area contributed by atoms with E-state index < -0.39 is 0 Å². The van der Waals surface area contributed by atoms with Gasteiger partial charge < -0.3 is 14.5 Å². The normalized spacial score (nSPS) is 17.6. The van der Waals surface area contributed by atoms with E-state index in [9.17, 15) is 4.79 Å². The first-order chi connectivity index (χ1) is 12.3. The van der Waals surface area contributed by atoms with Crippen molar-refractivity contribution in [3.63, 3.8) is 0 Å². The first-order valence-electron chi connectivity index (χ1n) is 8.91. The van der Waals surface area contributed by atoms with Crippen LogP contribution in [0, 0.1) is 0 Å². The molecule has 134 valence electrons. The van der Waals surface area contributed by atoms with E-state index in [1.165, 1.54) is 23.4 Å². The molecule has 0 unspecified atom stereocenters. The van der Waals surface area contributed by atoms with Crippen LogP contribution in [0.5, 0.6) is 0 Å². The molecule has 4 rings (SSSR count). The molecule has 2 aromatic heterocycles. The van der Waals surface area contributed by atoms with Gasteiger partial charge in [0.2, 0.25) is 0 Å². The Morgan fingerprint density at radius 2 is 2.20 bits per heavy atom. The Bertz CT molecular complexity index is 712. The molecule has 1 amide bonds. The van der Waals surface area contributed by atoms with E-state index in [0.29, 0.717) is 12.1 Å². The summed E-state index contributed by atoms with van der Waals surface area (Å²) < 4.78 is 10.9. The lowest BCUT2D eigenvalue weighted by Gasteiger charge is -2.25. The maximum absolute atomic E-state index is 12.3. The Labute approximate surface area is 151 Å². The van der Waals surface area contributed by atoms with E-state index >= 15 is 0 Å². The average molecular weight is 361 g/mol. The van der Waals surface area contributed by atoms with Gasteiger partial charge in [-0.25, -0.2) is 4.98 Å². The molecule has 3 heterocycles. The van der Waals surface area contributed by atoms with E-state index in [1.807, 2.05) is 6.07 Å². The van der Waals surface area contributed by atoms with Gasteiger partial charge in [-0.15, -0.1) is 11.3 Å². The van der Waals surface area contributed by atoms with E-state index in [-0.39, 0.29) is 5.91 Å². The fraction of sp³-hybridized carbons (Fsp3) is 0.556. The third-order valence-electron chi connectivity index (χ3n) is 4.66. The number of furan rings is 1. The molecule has 6 nitrogen and oxygen atoms in total. The Hall–Kier alpha value is -1.70. The predicted octanol–water partition coefficient (Wildman–Crippen LogP) is 2.03. The summed E-state index contributed by atoms with van der Waals surface area (Å²) >= 11 is 1.80. The van der Waals surface area contributed by atoms with E-state index in [1.54, 1.807) is 17.6 Å². The number of hydrogen-bond acceptors (Lipinski definition) is 6. The van der Waals surface area contributed by atoms with Crippen LogP contribution in [0.3, 0.4) is 0 Å². The second-order valence-electron chi connectivity index (χ2n) is 6.53. The minimum Gasteiger partial charge on any atom is -0.467 e. The van der Waals surface area contributed by atoms with Gasteiger partial charge in [0.1, 0.15) is 12.0 Å². The number of fused-ring (bicyclic) bond motifs is 1. The van der Waals surface area contributed by atoms with Gasteiger partial charge in [0.15, 0.2) is 0 Å². The van der Waals surface area contributed by atoms with Crippen LogP contribution in [0.25, 0.3) is 0 Å². The van der Waals surface area contributed by atoms with Gasteiger partial charge in [-0.1, -0.05) is 0 Å². The van der Waals surface area contributed by atoms with Crippen LogP contribution in [-0.4, -0.2) is 48.6 Å². The lowest BCUT2D eigenvalue weighted by atomic mass is 10.2. The number of morpholine rings is 1. The van der Waals surface area contributed by atoms with Gasteiger partial charge in [0, 0.05) is 30.9 Å². The summed E-state index contributed by atoms with van der Waals surface area (Å²) in [6.07, 6.45) is 5.85. The van der Waals surface area contributed by atoms with Crippen LogP contribution in [0.4, 0.5) is 0 Å². The van der Waals surface area contributed by atoms with Gasteiger partial charge in [-0.3, -0.25) is 9.69 Å². The zero-order valence-corrected chi connectivity index (χ0v) is 15.1. The van der Waals surface area contributed by atoms with Gasteiger partial charge in [0.05, 0.1) is 36.0 Å². The standard InChI is InChI=1S/C18H23N3O3S/c22-18(19-5-4-17-20-15-2-1-3-16(15)25-17)13-10-14(24-12-13)11-21-6-8-23-9-7-21/h10,12H,1-9,11H2,(H,19,22). The van der Waals surface area contributed by atoms with Crippen molar-refractivity contribution in [1.82, 2.24) is 15.2 Å². The number of rotatable bonds is 6. The topological polar surface area (TPSA) is 67.6 Å². The van der Waals surface area contributed by atoms with Crippen LogP contribution in [0.15, 0.2) is 16.7 Å². The van der Waals surface area contributed by atoms with Crippen molar-refractivity contribution in [1.29, 1.82) is 0 Å². The van der Waals surface area contributed by atoms with Gasteiger partial charge in [-0.2, -0.15) is 0 Å². The van der Waals surface area contributed by atoms with Crippen molar-refractivity contribution in [3.8, 4) is 0 Å². The summed E-state index contributed by atoms with van der Waals surface area (Å²) in [4.78, 5) is 20.6. The fourth-order valence-electron chi connectivity index (χ4n) is 3.30. The molecule has 0 spiro atoms. The number of thiazole rings is 1. The highest BCUT2D eigenvalue weighted by molar-refractivity contribution is 7.11. The van der Waals surface area contributed by atoms with Crippen molar-refractivity contribution >= 4 is 17.2 Å². The van der Waals surface area contributed by atoms with Gasteiger partial charge >= 0.3 is 0 Å². The monoisotopic (exact) mass is 361 g/mol. The van der Waals surface area contributed by atoms with Crippen LogP contribution < -0.4 is 5.32 Å². The molecule has 0 atom stereocenters. The highest BCUT2D eigenvalue weighted by Crippen LogP contribution is 2.27. The molecular weight excluding hydrogens is 338 g/mol. The van der Waals surface area contributed by atoms with Crippen molar-refractivity contribution in [2.75, 3.05) is 32.8 Å². The Morgan fingerprint density at radius 3 is 3.04 bits per heavy atom. The van der Waals surface area contributed by atoms with Crippen LogP contribution in [0.1, 0.15) is 38.1 Å². The van der Waals surface area contributed by atoms with Crippen molar-refractivity contribution in [3.05, 3.63) is 39.2 Å². The number of nitrogens with zero attached hydrogens (tertiary/aromatic N) is 2. The van der Waals surface area contributed by atoms with Crippen molar-refractivity contribution < 1.29 is 13.9 Å². The van der Waals surface area contributed by atoms with Crippen LogP contribution >= 0.6 is 11.3 Å². The zero-order valence-electron chi connectivity index (χ0n) is 14.3. The third kappa shape index (κ3) is 4.11. The molecule has 7 heteroatoms. The van der Waals surface area contributed by atoms with Crippen LogP contribution in [-0.2, 0) is 30.5 Å². The number of ether oxygens (including phenoxy) is 1. The summed E-state index contributed by atoms with van der Waals surface area (Å²) in [5.74, 6) is 0.740. The molecule has 1 saturated heterocycles. The Morgan fingerprint density at radius 1 is 1.32 bits per heavy atom. The molecule has 1 fully saturated rings. The number of carbonyl (C=O) groups excluding carboxylic acids is 1. The third-order valence-corrected chi connectivity index (χ3v) is 5.88. The summed E-state index contributed by atoms with van der Waals surface area (Å²) in [5, 5.41) is 4.09. The van der Waals surface area contributed by atoms with E-state index in [2.05, 4.69) is 15.2 Å². The highest BCUT2D eigenvalue weighted by Gasteiger charge is 2.17. The van der Waals surface area contributed by atoms with Gasteiger partial charge in [-0.05, 0) is 25.3 Å². The molecule has 1 N–H and O–H groups in total. The number of nitrogens with one attached hydrogen (secondary N) is 1. The first-order valence-corrected chi connectivity index (χ1v) is 9.73. The maximum Gasteiger partial charge on any atom is 0.254 e. The number of carbonyl (C=O) groups is 1. The molecule has 1 aliphatic carbocycles. The molecule has 2 aliphatic rings. The second kappa shape index (κ2) is 7.68. The van der Waals surface area contributed by atoms with Gasteiger partial charge in [0.25, 0.3) is 5.91 Å². The zero-order chi connectivity index (χ0) is 17.1. The molecular formula is C18H23N3O3S. The first kappa shape index (κ1) is 16.8. The van der Waals surface area contributed by atoms with Crippen LogP contribution in [0.2, 0.25) is 0 Å². The van der Waals surface area contributed by atoms with E-state index in [0.717, 1.165) is 56.5 Å². The summed E-state index contributed by atoms with van der Waals surface area (Å²) in [5.41, 5.74) is 1.86. The molecule has 0 radical (unpaired) electrons. The van der Waals surface area contributed by atoms with E-state index in [4.69, 9.17) is 9.15 Å². The SMILES string of the molecule is O=C(NCCc1nc2c(s1)CCC2)c1coc(CN2CCOCC2)c1. The van der Waals surface area contributed by atoms with Crippen molar-refractivity contribution in [2.24, 2.45) is 0 Å². The highest BCUT2D eigenvalue weighted by atomic mass is 32.1. The summed E-state index contributed by atoms with van der Waals surface area (Å²) in [6.45, 7) is 4.65. The fourth-order valence-corrected chi connectivity index (χ4v) is 4.45. The number of aromatic nitrogens is 1. The molecule has 0 saturated carbocycles. The predicted molar refractivity (Wildman–Crippen MR) is 95.0 cm³/mol. The lowest BCUT2D eigenvalue weighted by molar-refractivity contribution is 0.0313. The summed E-state index contributed by atoms with van der Waals surface area (Å²) in [6, 6.07) is 1.84. The smallest absolute Gasteiger partial charge is 0.254 e. The summed E-state index contributed by atoms with van der Waals surface area (Å²) in [7, 11) is 0.